The Morgan fingerprint density at radius 3 is 2.47 bits per heavy atom. The molecule has 0 aliphatic carbocycles. The molecule has 0 aromatic carbocycles. The molecule has 2 unspecified atom stereocenters. The summed E-state index contributed by atoms with van der Waals surface area (Å²) >= 11 is 0. The maximum Gasteiger partial charge on any atom is 0.169 e. The van der Waals surface area contributed by atoms with Crippen LogP contribution in [0.4, 0.5) is 0 Å². The molecule has 2 fully saturated rings. The van der Waals surface area contributed by atoms with Crippen LogP contribution in [-0.2, 0) is 9.47 Å². The van der Waals surface area contributed by atoms with Gasteiger partial charge in [0.05, 0.1) is 13.2 Å². The van der Waals surface area contributed by atoms with E-state index in [2.05, 4.69) is 18.7 Å². The van der Waals surface area contributed by atoms with E-state index in [1.165, 1.54) is 0 Å². The fourth-order valence-corrected chi connectivity index (χ4v) is 2.90. The topological polar surface area (TPSA) is 41.9 Å². The molecule has 4 nitrogen and oxygen atoms in total. The summed E-state index contributed by atoms with van der Waals surface area (Å²) in [7, 11) is 0. The minimum absolute atomic E-state index is 0.0560. The monoisotopic (exact) mass is 243 g/mol. The van der Waals surface area contributed by atoms with E-state index in [0.29, 0.717) is 18.6 Å². The Kier molecular flexibility index (Phi) is 4.08. The number of nitrogens with zero attached hydrogens (tertiary/aromatic N) is 1. The second kappa shape index (κ2) is 5.22. The second-order valence-electron chi connectivity index (χ2n) is 5.65. The molecule has 4 heteroatoms. The van der Waals surface area contributed by atoms with E-state index in [-0.39, 0.29) is 12.7 Å². The van der Waals surface area contributed by atoms with Crippen LogP contribution in [0.15, 0.2) is 0 Å². The molecule has 0 spiro atoms. The van der Waals surface area contributed by atoms with Gasteiger partial charge >= 0.3 is 0 Å². The van der Waals surface area contributed by atoms with Gasteiger partial charge in [0.1, 0.15) is 6.10 Å². The molecule has 0 amide bonds. The van der Waals surface area contributed by atoms with Crippen molar-refractivity contribution in [2.45, 2.75) is 51.5 Å². The van der Waals surface area contributed by atoms with E-state index in [0.717, 1.165) is 25.9 Å². The van der Waals surface area contributed by atoms with Crippen molar-refractivity contribution in [3.63, 3.8) is 0 Å². The number of hydrogen-bond acceptors (Lipinski definition) is 4. The first-order valence-corrected chi connectivity index (χ1v) is 6.72. The van der Waals surface area contributed by atoms with Gasteiger partial charge in [0.2, 0.25) is 0 Å². The highest BCUT2D eigenvalue weighted by atomic mass is 16.7. The number of likely N-dealkylation sites (tertiary alicyclic amines) is 1. The van der Waals surface area contributed by atoms with Crippen LogP contribution in [0.5, 0.6) is 0 Å². The zero-order valence-corrected chi connectivity index (χ0v) is 11.2. The van der Waals surface area contributed by atoms with Crippen LogP contribution >= 0.6 is 0 Å². The molecule has 2 aliphatic heterocycles. The van der Waals surface area contributed by atoms with Crippen molar-refractivity contribution in [1.29, 1.82) is 0 Å². The average molecular weight is 243 g/mol. The van der Waals surface area contributed by atoms with Gasteiger partial charge in [-0.05, 0) is 46.7 Å². The molecule has 0 bridgehead atoms. The Morgan fingerprint density at radius 2 is 2.00 bits per heavy atom. The molecular formula is C13H25NO3. The highest BCUT2D eigenvalue weighted by Crippen LogP contribution is 2.37. The zero-order chi connectivity index (χ0) is 12.5. The van der Waals surface area contributed by atoms with Crippen LogP contribution in [0.25, 0.3) is 0 Å². The van der Waals surface area contributed by atoms with Crippen LogP contribution in [0.2, 0.25) is 0 Å². The normalized spacial score (nSPS) is 36.9. The highest BCUT2D eigenvalue weighted by molar-refractivity contribution is 4.86. The Labute approximate surface area is 104 Å². The van der Waals surface area contributed by atoms with E-state index in [9.17, 15) is 0 Å². The summed E-state index contributed by atoms with van der Waals surface area (Å²) in [5.41, 5.74) is 0. The predicted octanol–water partition coefficient (Wildman–Crippen LogP) is 1.23. The fourth-order valence-electron chi connectivity index (χ4n) is 2.90. The Hall–Kier alpha value is -0.160. The fraction of sp³-hybridized carbons (Fsp3) is 1.00. The van der Waals surface area contributed by atoms with Gasteiger partial charge in [0, 0.05) is 12.0 Å². The van der Waals surface area contributed by atoms with E-state index in [1.807, 2.05) is 6.92 Å². The number of aliphatic hydroxyl groups excluding tert-OH is 1. The van der Waals surface area contributed by atoms with Crippen LogP contribution in [0.3, 0.4) is 0 Å². The van der Waals surface area contributed by atoms with Crippen LogP contribution in [-0.4, -0.2) is 54.2 Å². The minimum Gasteiger partial charge on any atom is -0.394 e. The van der Waals surface area contributed by atoms with E-state index in [4.69, 9.17) is 14.6 Å². The molecule has 2 heterocycles. The summed E-state index contributed by atoms with van der Waals surface area (Å²) in [6.45, 7) is 9.33. The minimum atomic E-state index is -0.476. The molecule has 100 valence electrons. The van der Waals surface area contributed by atoms with Gasteiger partial charge in [-0.1, -0.05) is 0 Å². The largest absolute Gasteiger partial charge is 0.394 e. The Bertz CT molecular complexity index is 251. The molecule has 2 rings (SSSR count). The molecule has 1 N–H and O–H groups in total. The number of ether oxygens (including phenoxy) is 2. The number of aliphatic hydroxyl groups is 1. The molecule has 2 saturated heterocycles. The molecule has 0 radical (unpaired) electrons. The first-order chi connectivity index (χ1) is 8.05. The maximum atomic E-state index is 9.10. The molecule has 2 atom stereocenters. The molecule has 0 aromatic rings. The number of piperidine rings is 1. The van der Waals surface area contributed by atoms with Crippen LogP contribution in [0.1, 0.15) is 33.6 Å². The van der Waals surface area contributed by atoms with Crippen molar-refractivity contribution < 1.29 is 14.6 Å². The van der Waals surface area contributed by atoms with E-state index >= 15 is 0 Å². The van der Waals surface area contributed by atoms with Gasteiger partial charge < -0.3 is 19.5 Å². The lowest BCUT2D eigenvalue weighted by Gasteiger charge is -2.40. The molecule has 2 aliphatic rings. The molecule has 0 saturated carbocycles. The van der Waals surface area contributed by atoms with Gasteiger partial charge in [0.15, 0.2) is 5.79 Å². The third-order valence-electron chi connectivity index (χ3n) is 4.16. The van der Waals surface area contributed by atoms with Crippen molar-refractivity contribution in [2.75, 3.05) is 26.3 Å². The third-order valence-corrected chi connectivity index (χ3v) is 4.16. The van der Waals surface area contributed by atoms with Crippen molar-refractivity contribution >= 4 is 0 Å². The van der Waals surface area contributed by atoms with Crippen LogP contribution < -0.4 is 0 Å². The van der Waals surface area contributed by atoms with Crippen LogP contribution in [0, 0.1) is 5.92 Å². The smallest absolute Gasteiger partial charge is 0.169 e. The van der Waals surface area contributed by atoms with E-state index in [1.54, 1.807) is 0 Å². The third kappa shape index (κ3) is 2.81. The summed E-state index contributed by atoms with van der Waals surface area (Å²) in [5, 5.41) is 9.10. The molecule has 0 aromatic heterocycles. The van der Waals surface area contributed by atoms with Crippen molar-refractivity contribution in [3.8, 4) is 0 Å². The van der Waals surface area contributed by atoms with Gasteiger partial charge in [-0.15, -0.1) is 0 Å². The number of rotatable bonds is 3. The first kappa shape index (κ1) is 13.3. The van der Waals surface area contributed by atoms with Crippen molar-refractivity contribution in [3.05, 3.63) is 0 Å². The Morgan fingerprint density at radius 1 is 1.35 bits per heavy atom. The van der Waals surface area contributed by atoms with Crippen molar-refractivity contribution in [1.82, 2.24) is 4.90 Å². The summed E-state index contributed by atoms with van der Waals surface area (Å²) < 4.78 is 11.6. The number of hydrogen-bond donors (Lipinski definition) is 1. The second-order valence-corrected chi connectivity index (χ2v) is 5.65. The zero-order valence-electron chi connectivity index (χ0n) is 11.2. The highest BCUT2D eigenvalue weighted by Gasteiger charge is 2.44. The van der Waals surface area contributed by atoms with Crippen molar-refractivity contribution in [2.24, 2.45) is 5.92 Å². The summed E-state index contributed by atoms with van der Waals surface area (Å²) in [4.78, 5) is 2.50. The lowest BCUT2D eigenvalue weighted by atomic mass is 9.89. The van der Waals surface area contributed by atoms with Gasteiger partial charge in [-0.25, -0.2) is 0 Å². The lowest BCUT2D eigenvalue weighted by Crippen LogP contribution is -2.46. The lowest BCUT2D eigenvalue weighted by molar-refractivity contribution is -0.203. The summed E-state index contributed by atoms with van der Waals surface area (Å²) in [5.74, 6) is -0.0229. The van der Waals surface area contributed by atoms with Gasteiger partial charge in [-0.3, -0.25) is 0 Å². The maximum absolute atomic E-state index is 9.10. The quantitative estimate of drug-likeness (QED) is 0.809. The SMILES string of the molecule is CC(C)N1CCC(C2(C)OCC(CO)O2)CC1. The summed E-state index contributed by atoms with van der Waals surface area (Å²) in [6, 6.07) is 0.624. The van der Waals surface area contributed by atoms with Gasteiger partial charge in [0.25, 0.3) is 0 Å². The average Bonchev–Trinajstić information content (AvgIpc) is 2.73. The predicted molar refractivity (Wildman–Crippen MR) is 65.7 cm³/mol. The summed E-state index contributed by atoms with van der Waals surface area (Å²) in [6.07, 6.45) is 2.10. The van der Waals surface area contributed by atoms with E-state index < -0.39 is 5.79 Å². The Balaban J connectivity index is 1.88. The van der Waals surface area contributed by atoms with Gasteiger partial charge in [-0.2, -0.15) is 0 Å². The molecular weight excluding hydrogens is 218 g/mol. The molecule has 17 heavy (non-hydrogen) atoms. The first-order valence-electron chi connectivity index (χ1n) is 6.72. The standard InChI is InChI=1S/C13H25NO3/c1-10(2)14-6-4-11(5-7-14)13(3)16-9-12(8-15)17-13/h10-12,15H,4-9H2,1-3H3.